The van der Waals surface area contributed by atoms with E-state index >= 15 is 0 Å². The van der Waals surface area contributed by atoms with Crippen LogP contribution in [0.25, 0.3) is 10.9 Å². The predicted octanol–water partition coefficient (Wildman–Crippen LogP) is 1.90. The molecule has 1 saturated heterocycles. The Morgan fingerprint density at radius 3 is 2.95 bits per heavy atom. The second kappa shape index (κ2) is 5.38. The zero-order chi connectivity index (χ0) is 14.1. The third kappa shape index (κ3) is 2.37. The summed E-state index contributed by atoms with van der Waals surface area (Å²) in [6.07, 6.45) is 0.748. The fourth-order valence-corrected chi connectivity index (χ4v) is 2.95. The van der Waals surface area contributed by atoms with Crippen LogP contribution in [-0.2, 0) is 6.54 Å². The Hall–Kier alpha value is -1.65. The molecular weight excluding hydrogens is 250 g/mol. The van der Waals surface area contributed by atoms with Crippen LogP contribution in [-0.4, -0.2) is 29.3 Å². The summed E-state index contributed by atoms with van der Waals surface area (Å²) in [5, 5.41) is 10.9. The van der Waals surface area contributed by atoms with Crippen LogP contribution < -0.4 is 10.6 Å². The molecule has 2 aromatic rings. The second-order valence-corrected chi connectivity index (χ2v) is 5.60. The monoisotopic (exact) mass is 271 g/mol. The SMILES string of the molecule is CC(O)C1CCN(c2nc3ccccc3cc2CN)C1. The molecule has 3 N–H and O–H groups in total. The quantitative estimate of drug-likeness (QED) is 0.895. The molecule has 0 amide bonds. The first-order valence-electron chi connectivity index (χ1n) is 7.21. The van der Waals surface area contributed by atoms with E-state index in [1.165, 1.54) is 0 Å². The van der Waals surface area contributed by atoms with E-state index < -0.39 is 0 Å². The Morgan fingerprint density at radius 2 is 2.25 bits per heavy atom. The molecule has 0 spiro atoms. The van der Waals surface area contributed by atoms with Crippen LogP contribution in [0.15, 0.2) is 30.3 Å². The van der Waals surface area contributed by atoms with Gasteiger partial charge in [0.2, 0.25) is 0 Å². The number of aliphatic hydroxyl groups is 1. The van der Waals surface area contributed by atoms with Gasteiger partial charge in [0.05, 0.1) is 11.6 Å². The highest BCUT2D eigenvalue weighted by Gasteiger charge is 2.28. The van der Waals surface area contributed by atoms with Crippen LogP contribution in [0, 0.1) is 5.92 Å². The predicted molar refractivity (Wildman–Crippen MR) is 81.6 cm³/mol. The first kappa shape index (κ1) is 13.3. The maximum atomic E-state index is 9.74. The third-order valence-electron chi connectivity index (χ3n) is 4.21. The van der Waals surface area contributed by atoms with E-state index in [2.05, 4.69) is 17.0 Å². The highest BCUT2D eigenvalue weighted by Crippen LogP contribution is 2.29. The molecule has 4 heteroatoms. The zero-order valence-corrected chi connectivity index (χ0v) is 11.8. The summed E-state index contributed by atoms with van der Waals surface area (Å²) in [6.45, 7) is 4.15. The average Bonchev–Trinajstić information content (AvgIpc) is 2.95. The van der Waals surface area contributed by atoms with Crippen molar-refractivity contribution in [3.05, 3.63) is 35.9 Å². The van der Waals surface area contributed by atoms with Crippen LogP contribution in [0.2, 0.25) is 0 Å². The van der Waals surface area contributed by atoms with Gasteiger partial charge in [0.1, 0.15) is 5.82 Å². The lowest BCUT2D eigenvalue weighted by Crippen LogP contribution is -2.26. The van der Waals surface area contributed by atoms with E-state index in [1.807, 2.05) is 25.1 Å². The lowest BCUT2D eigenvalue weighted by Gasteiger charge is -2.21. The molecule has 1 aromatic carbocycles. The number of rotatable bonds is 3. The van der Waals surface area contributed by atoms with E-state index in [1.54, 1.807) is 0 Å². The molecule has 4 nitrogen and oxygen atoms in total. The number of aromatic nitrogens is 1. The maximum absolute atomic E-state index is 9.74. The van der Waals surface area contributed by atoms with Crippen molar-refractivity contribution < 1.29 is 5.11 Å². The Morgan fingerprint density at radius 1 is 1.45 bits per heavy atom. The minimum absolute atomic E-state index is 0.262. The van der Waals surface area contributed by atoms with Gasteiger partial charge in [0, 0.05) is 36.5 Å². The fourth-order valence-electron chi connectivity index (χ4n) is 2.95. The van der Waals surface area contributed by atoms with Gasteiger partial charge in [-0.15, -0.1) is 0 Å². The Kier molecular flexibility index (Phi) is 3.59. The van der Waals surface area contributed by atoms with Crippen molar-refractivity contribution in [3.63, 3.8) is 0 Å². The van der Waals surface area contributed by atoms with Crippen molar-refractivity contribution in [2.45, 2.75) is 26.0 Å². The van der Waals surface area contributed by atoms with Crippen LogP contribution in [0.4, 0.5) is 5.82 Å². The molecule has 0 saturated carbocycles. The van der Waals surface area contributed by atoms with Crippen molar-refractivity contribution in [1.82, 2.24) is 4.98 Å². The molecule has 0 aliphatic carbocycles. The summed E-state index contributed by atoms with van der Waals surface area (Å²) in [5.74, 6) is 1.31. The molecule has 1 fully saturated rings. The normalized spacial score (nSPS) is 20.6. The number of nitrogens with two attached hydrogens (primary N) is 1. The molecule has 3 rings (SSSR count). The van der Waals surface area contributed by atoms with Crippen molar-refractivity contribution in [3.8, 4) is 0 Å². The molecule has 106 valence electrons. The van der Waals surface area contributed by atoms with E-state index in [0.717, 1.165) is 41.8 Å². The van der Waals surface area contributed by atoms with Gasteiger partial charge in [-0.3, -0.25) is 0 Å². The summed E-state index contributed by atoms with van der Waals surface area (Å²) in [4.78, 5) is 7.04. The van der Waals surface area contributed by atoms with Gasteiger partial charge in [-0.25, -0.2) is 4.98 Å². The third-order valence-corrected chi connectivity index (χ3v) is 4.21. The van der Waals surface area contributed by atoms with Gasteiger partial charge < -0.3 is 15.7 Å². The number of fused-ring (bicyclic) bond motifs is 1. The molecule has 1 aliphatic heterocycles. The minimum Gasteiger partial charge on any atom is -0.393 e. The smallest absolute Gasteiger partial charge is 0.133 e. The molecule has 0 radical (unpaired) electrons. The lowest BCUT2D eigenvalue weighted by molar-refractivity contribution is 0.136. The number of para-hydroxylation sites is 1. The topological polar surface area (TPSA) is 62.4 Å². The van der Waals surface area contributed by atoms with Crippen LogP contribution in [0.3, 0.4) is 0 Å². The highest BCUT2D eigenvalue weighted by molar-refractivity contribution is 5.81. The summed E-state index contributed by atoms with van der Waals surface area (Å²) < 4.78 is 0. The highest BCUT2D eigenvalue weighted by atomic mass is 16.3. The van der Waals surface area contributed by atoms with Crippen LogP contribution in [0.5, 0.6) is 0 Å². The number of hydrogen-bond donors (Lipinski definition) is 2. The van der Waals surface area contributed by atoms with Crippen LogP contribution >= 0.6 is 0 Å². The first-order valence-corrected chi connectivity index (χ1v) is 7.21. The summed E-state index contributed by atoms with van der Waals surface area (Å²) in [7, 11) is 0. The molecule has 20 heavy (non-hydrogen) atoms. The molecule has 2 atom stereocenters. The van der Waals surface area contributed by atoms with Crippen molar-refractivity contribution in [1.29, 1.82) is 0 Å². The van der Waals surface area contributed by atoms with E-state index in [0.29, 0.717) is 12.5 Å². The Balaban J connectivity index is 1.98. The van der Waals surface area contributed by atoms with Gasteiger partial charge in [-0.2, -0.15) is 0 Å². The van der Waals surface area contributed by atoms with Gasteiger partial charge in [0.15, 0.2) is 0 Å². The van der Waals surface area contributed by atoms with E-state index in [4.69, 9.17) is 10.7 Å². The molecular formula is C16H21N3O. The number of nitrogens with zero attached hydrogens (tertiary/aromatic N) is 2. The fraction of sp³-hybridized carbons (Fsp3) is 0.438. The van der Waals surface area contributed by atoms with Gasteiger partial charge in [-0.1, -0.05) is 18.2 Å². The standard InChI is InChI=1S/C16H21N3O/c1-11(20)13-6-7-19(10-13)16-14(9-17)8-12-4-2-3-5-15(12)18-16/h2-5,8,11,13,20H,6-7,9-10,17H2,1H3. The Labute approximate surface area is 119 Å². The number of aliphatic hydroxyl groups excluding tert-OH is 1. The van der Waals surface area contributed by atoms with Crippen molar-refractivity contribution in [2.24, 2.45) is 11.7 Å². The van der Waals surface area contributed by atoms with Crippen molar-refractivity contribution in [2.75, 3.05) is 18.0 Å². The lowest BCUT2D eigenvalue weighted by atomic mass is 10.0. The number of hydrogen-bond acceptors (Lipinski definition) is 4. The molecule has 2 heterocycles. The van der Waals surface area contributed by atoms with E-state index in [9.17, 15) is 5.11 Å². The zero-order valence-electron chi connectivity index (χ0n) is 11.8. The van der Waals surface area contributed by atoms with Gasteiger partial charge in [0.25, 0.3) is 0 Å². The minimum atomic E-state index is -0.262. The number of anilines is 1. The summed E-state index contributed by atoms with van der Waals surface area (Å²) in [5.41, 5.74) is 7.97. The second-order valence-electron chi connectivity index (χ2n) is 5.60. The largest absolute Gasteiger partial charge is 0.393 e. The molecule has 0 bridgehead atoms. The molecule has 1 aromatic heterocycles. The van der Waals surface area contributed by atoms with Crippen LogP contribution in [0.1, 0.15) is 18.9 Å². The molecule has 1 aliphatic rings. The number of benzene rings is 1. The first-order chi connectivity index (χ1) is 9.69. The van der Waals surface area contributed by atoms with Gasteiger partial charge in [-0.05, 0) is 25.5 Å². The Bertz CT molecular complexity index is 612. The van der Waals surface area contributed by atoms with Crippen molar-refractivity contribution >= 4 is 16.7 Å². The van der Waals surface area contributed by atoms with Gasteiger partial charge >= 0.3 is 0 Å². The average molecular weight is 271 g/mol. The summed E-state index contributed by atoms with van der Waals surface area (Å²) >= 11 is 0. The maximum Gasteiger partial charge on any atom is 0.133 e. The molecule has 2 unspecified atom stereocenters. The summed E-state index contributed by atoms with van der Waals surface area (Å²) in [6, 6.07) is 10.2. The van der Waals surface area contributed by atoms with E-state index in [-0.39, 0.29) is 6.10 Å². The number of pyridine rings is 1.